The third-order valence-electron chi connectivity index (χ3n) is 9.48. The van der Waals surface area contributed by atoms with Crippen molar-refractivity contribution in [3.05, 3.63) is 0 Å². The van der Waals surface area contributed by atoms with E-state index in [-0.39, 0.29) is 5.97 Å². The number of esters is 1. The molecule has 0 rings (SSSR count). The first-order valence-electron chi connectivity index (χ1n) is 20.4. The molecule has 0 fully saturated rings. The molecule has 0 aliphatic heterocycles. The minimum Gasteiger partial charge on any atom is -0.481 e. The Kier molecular flexibility index (Phi) is 37.4. The lowest BCUT2D eigenvalue weighted by molar-refractivity contribution is -0.144. The molecule has 0 aromatic carbocycles. The maximum Gasteiger partial charge on any atom is 0.305 e. The quantitative estimate of drug-likeness (QED) is 0.0451. The topological polar surface area (TPSA) is 102 Å². The number of carboxylic acids is 1. The van der Waals surface area contributed by atoms with Crippen LogP contribution < -0.4 is 11.1 Å². The van der Waals surface area contributed by atoms with Gasteiger partial charge in [-0.2, -0.15) is 0 Å². The molecule has 0 radical (unpaired) electrons. The summed E-state index contributed by atoms with van der Waals surface area (Å²) in [5.74, 6) is -0.660. The molecular formula is C40H80N2O4. The van der Waals surface area contributed by atoms with Crippen LogP contribution in [0.2, 0.25) is 0 Å². The van der Waals surface area contributed by atoms with E-state index < -0.39 is 5.97 Å². The fourth-order valence-corrected chi connectivity index (χ4v) is 6.35. The van der Waals surface area contributed by atoms with Crippen LogP contribution >= 0.6 is 0 Å². The van der Waals surface area contributed by atoms with Gasteiger partial charge in [-0.15, -0.1) is 0 Å². The van der Waals surface area contributed by atoms with Gasteiger partial charge in [0.25, 0.3) is 0 Å². The lowest BCUT2D eigenvalue weighted by atomic mass is 10.0. The van der Waals surface area contributed by atoms with Gasteiger partial charge in [-0.25, -0.2) is 0 Å². The van der Waals surface area contributed by atoms with Crippen LogP contribution in [0.4, 0.5) is 0 Å². The summed E-state index contributed by atoms with van der Waals surface area (Å²) in [6, 6.07) is 0.478. The van der Waals surface area contributed by atoms with Crippen LogP contribution in [0.5, 0.6) is 0 Å². The third-order valence-corrected chi connectivity index (χ3v) is 9.48. The average Bonchev–Trinajstić information content (AvgIpc) is 3.05. The highest BCUT2D eigenvalue weighted by molar-refractivity contribution is 5.69. The first-order valence-corrected chi connectivity index (χ1v) is 20.4. The molecule has 0 bridgehead atoms. The molecule has 0 amide bonds. The Labute approximate surface area is 286 Å². The van der Waals surface area contributed by atoms with Crippen LogP contribution in [-0.2, 0) is 14.3 Å². The van der Waals surface area contributed by atoms with Crippen LogP contribution in [0.25, 0.3) is 0 Å². The van der Waals surface area contributed by atoms with Gasteiger partial charge in [0.05, 0.1) is 6.61 Å². The van der Waals surface area contributed by atoms with Gasteiger partial charge in [-0.1, -0.05) is 174 Å². The second-order valence-electron chi connectivity index (χ2n) is 14.0. The molecule has 0 aromatic heterocycles. The zero-order valence-corrected chi connectivity index (χ0v) is 30.8. The predicted molar refractivity (Wildman–Crippen MR) is 197 cm³/mol. The summed E-state index contributed by atoms with van der Waals surface area (Å²) >= 11 is 0. The molecule has 6 heteroatoms. The van der Waals surface area contributed by atoms with E-state index >= 15 is 0 Å². The Balaban J connectivity index is 3.31. The Bertz CT molecular complexity index is 630. The largest absolute Gasteiger partial charge is 0.481 e. The van der Waals surface area contributed by atoms with E-state index in [9.17, 15) is 9.59 Å². The van der Waals surface area contributed by atoms with E-state index in [0.29, 0.717) is 25.5 Å². The Morgan fingerprint density at radius 3 is 1.39 bits per heavy atom. The summed E-state index contributed by atoms with van der Waals surface area (Å²) in [7, 11) is 0. The van der Waals surface area contributed by atoms with E-state index in [1.807, 2.05) is 0 Å². The molecule has 0 aliphatic carbocycles. The maximum atomic E-state index is 11.9. The first kappa shape index (κ1) is 44.9. The average molecular weight is 653 g/mol. The molecule has 0 saturated heterocycles. The maximum absolute atomic E-state index is 11.9. The number of rotatable bonds is 39. The van der Waals surface area contributed by atoms with Crippen molar-refractivity contribution >= 4 is 11.9 Å². The molecule has 1 atom stereocenters. The Morgan fingerprint density at radius 1 is 0.543 bits per heavy atom. The highest BCUT2D eigenvalue weighted by atomic mass is 16.5. The number of carbonyl (C=O) groups excluding carboxylic acids is 1. The molecule has 0 spiro atoms. The van der Waals surface area contributed by atoms with Gasteiger partial charge >= 0.3 is 11.9 Å². The van der Waals surface area contributed by atoms with Crippen LogP contribution in [0.15, 0.2) is 0 Å². The molecule has 6 nitrogen and oxygen atoms in total. The van der Waals surface area contributed by atoms with Gasteiger partial charge < -0.3 is 20.9 Å². The standard InChI is InChI=1S/C40H80N2O4/c1-2-3-4-5-6-21-26-31-36-46-40(45)34-29-24-19-15-11-8-12-16-20-25-30-35-42-38(37-41)32-27-22-17-13-9-7-10-14-18-23-28-33-39(43)44/h38,42H,2-37,41H2,1H3,(H,43,44). The highest BCUT2D eigenvalue weighted by Crippen LogP contribution is 2.15. The summed E-state index contributed by atoms with van der Waals surface area (Å²) in [6.45, 7) is 4.72. The van der Waals surface area contributed by atoms with Gasteiger partial charge in [0.15, 0.2) is 0 Å². The minimum absolute atomic E-state index is 0.00539. The van der Waals surface area contributed by atoms with Gasteiger partial charge in [0, 0.05) is 25.4 Å². The summed E-state index contributed by atoms with van der Waals surface area (Å²) in [6.07, 6.45) is 40.0. The number of aliphatic carboxylic acids is 1. The monoisotopic (exact) mass is 653 g/mol. The summed E-state index contributed by atoms with van der Waals surface area (Å²) < 4.78 is 5.40. The van der Waals surface area contributed by atoms with Crippen molar-refractivity contribution in [3.63, 3.8) is 0 Å². The zero-order valence-electron chi connectivity index (χ0n) is 30.8. The van der Waals surface area contributed by atoms with Crippen molar-refractivity contribution in [1.82, 2.24) is 5.32 Å². The van der Waals surface area contributed by atoms with Crippen molar-refractivity contribution < 1.29 is 19.4 Å². The van der Waals surface area contributed by atoms with Crippen LogP contribution in [0.3, 0.4) is 0 Å². The minimum atomic E-state index is -0.665. The van der Waals surface area contributed by atoms with E-state index in [1.54, 1.807) is 0 Å². The number of hydrogen-bond donors (Lipinski definition) is 3. The van der Waals surface area contributed by atoms with Gasteiger partial charge in [0.1, 0.15) is 0 Å². The number of carbonyl (C=O) groups is 2. The molecule has 0 aliphatic rings. The van der Waals surface area contributed by atoms with E-state index in [0.717, 1.165) is 45.2 Å². The third kappa shape index (κ3) is 37.3. The molecule has 274 valence electrons. The second kappa shape index (κ2) is 38.3. The van der Waals surface area contributed by atoms with Gasteiger partial charge in [0.2, 0.25) is 0 Å². The number of hydrogen-bond acceptors (Lipinski definition) is 5. The second-order valence-corrected chi connectivity index (χ2v) is 14.0. The Hall–Kier alpha value is -1.14. The number of nitrogens with one attached hydrogen (secondary N) is 1. The summed E-state index contributed by atoms with van der Waals surface area (Å²) in [5, 5.41) is 12.4. The number of unbranched alkanes of at least 4 members (excludes halogenated alkanes) is 27. The highest BCUT2D eigenvalue weighted by Gasteiger charge is 2.06. The van der Waals surface area contributed by atoms with Crippen molar-refractivity contribution in [2.75, 3.05) is 19.7 Å². The van der Waals surface area contributed by atoms with E-state index in [1.165, 1.54) is 167 Å². The zero-order chi connectivity index (χ0) is 33.6. The normalized spacial score (nSPS) is 12.0. The van der Waals surface area contributed by atoms with Gasteiger partial charge in [-0.3, -0.25) is 9.59 Å². The lowest BCUT2D eigenvalue weighted by Crippen LogP contribution is -2.36. The molecule has 0 heterocycles. The van der Waals surface area contributed by atoms with Gasteiger partial charge in [-0.05, 0) is 38.6 Å². The number of ether oxygens (including phenoxy) is 1. The van der Waals surface area contributed by atoms with Crippen LogP contribution in [0, 0.1) is 0 Å². The number of nitrogens with two attached hydrogens (primary N) is 1. The predicted octanol–water partition coefficient (Wildman–Crippen LogP) is 11.4. The smallest absolute Gasteiger partial charge is 0.305 e. The molecule has 1 unspecified atom stereocenters. The van der Waals surface area contributed by atoms with Crippen molar-refractivity contribution in [1.29, 1.82) is 0 Å². The molecule has 4 N–H and O–H groups in total. The van der Waals surface area contributed by atoms with E-state index in [4.69, 9.17) is 15.6 Å². The number of carboxylic acid groups (broad SMARTS) is 1. The fraction of sp³-hybridized carbons (Fsp3) is 0.950. The fourth-order valence-electron chi connectivity index (χ4n) is 6.35. The van der Waals surface area contributed by atoms with E-state index in [2.05, 4.69) is 12.2 Å². The molecule has 0 saturated carbocycles. The summed E-state index contributed by atoms with van der Waals surface area (Å²) in [5.41, 5.74) is 6.02. The molecule has 0 aromatic rings. The van der Waals surface area contributed by atoms with Crippen molar-refractivity contribution in [2.45, 2.75) is 225 Å². The Morgan fingerprint density at radius 2 is 0.935 bits per heavy atom. The van der Waals surface area contributed by atoms with Crippen LogP contribution in [-0.4, -0.2) is 42.8 Å². The SMILES string of the molecule is CCCCCCCCCCOC(=O)CCCCCCCCCCCCCNC(CN)CCCCCCCCCCCCCC(=O)O. The molecular weight excluding hydrogens is 572 g/mol. The lowest BCUT2D eigenvalue weighted by Gasteiger charge is -2.16. The first-order chi connectivity index (χ1) is 22.6. The van der Waals surface area contributed by atoms with Crippen LogP contribution in [0.1, 0.15) is 219 Å². The van der Waals surface area contributed by atoms with Crippen molar-refractivity contribution in [2.24, 2.45) is 5.73 Å². The summed E-state index contributed by atoms with van der Waals surface area (Å²) in [4.78, 5) is 22.4. The molecule has 46 heavy (non-hydrogen) atoms. The van der Waals surface area contributed by atoms with Crippen molar-refractivity contribution in [3.8, 4) is 0 Å².